The SMILES string of the molecule is O=C(CN1CCCC(c2cc(C(F)(F)F)c(=O)[nH]n2)C1)N1CCN(c2ncc(C(F)(F)F)cn2)CC1. The summed E-state index contributed by atoms with van der Waals surface area (Å²) in [7, 11) is 0. The maximum absolute atomic E-state index is 13.1. The van der Waals surface area contributed by atoms with Crippen LogP contribution in [0.15, 0.2) is 23.3 Å². The average molecular weight is 519 g/mol. The molecule has 2 aliphatic rings. The van der Waals surface area contributed by atoms with Crippen LogP contribution in [-0.4, -0.2) is 81.7 Å². The van der Waals surface area contributed by atoms with Crippen molar-refractivity contribution in [3.05, 3.63) is 45.6 Å². The van der Waals surface area contributed by atoms with Crippen LogP contribution in [0.3, 0.4) is 0 Å². The van der Waals surface area contributed by atoms with Gasteiger partial charge in [0.15, 0.2) is 0 Å². The number of H-pyrrole nitrogens is 1. The van der Waals surface area contributed by atoms with Gasteiger partial charge in [-0.1, -0.05) is 0 Å². The molecule has 1 unspecified atom stereocenters. The fourth-order valence-corrected chi connectivity index (χ4v) is 4.36. The number of nitrogens with zero attached hydrogens (tertiary/aromatic N) is 6. The van der Waals surface area contributed by atoms with Crippen LogP contribution in [0, 0.1) is 0 Å². The third-order valence-electron chi connectivity index (χ3n) is 6.29. The van der Waals surface area contributed by atoms with Gasteiger partial charge in [0.25, 0.3) is 5.56 Å². The van der Waals surface area contributed by atoms with Crippen molar-refractivity contribution in [3.63, 3.8) is 0 Å². The topological polar surface area (TPSA) is 98.3 Å². The molecule has 4 rings (SSSR count). The van der Waals surface area contributed by atoms with Crippen molar-refractivity contribution in [2.24, 2.45) is 0 Å². The molecule has 196 valence electrons. The van der Waals surface area contributed by atoms with Crippen molar-refractivity contribution in [1.82, 2.24) is 30.0 Å². The summed E-state index contributed by atoms with van der Waals surface area (Å²) >= 11 is 0. The Morgan fingerprint density at radius 1 is 1.00 bits per heavy atom. The van der Waals surface area contributed by atoms with E-state index in [1.165, 1.54) is 0 Å². The maximum Gasteiger partial charge on any atom is 0.421 e. The zero-order valence-corrected chi connectivity index (χ0v) is 18.9. The van der Waals surface area contributed by atoms with E-state index >= 15 is 0 Å². The monoisotopic (exact) mass is 519 g/mol. The third-order valence-corrected chi connectivity index (χ3v) is 6.29. The van der Waals surface area contributed by atoms with Crippen molar-refractivity contribution in [2.75, 3.05) is 50.7 Å². The average Bonchev–Trinajstić information content (AvgIpc) is 2.83. The van der Waals surface area contributed by atoms with Gasteiger partial charge in [-0.15, -0.1) is 0 Å². The number of aromatic nitrogens is 4. The number of piperidine rings is 1. The second kappa shape index (κ2) is 10.0. The van der Waals surface area contributed by atoms with E-state index in [1.54, 1.807) is 9.80 Å². The lowest BCUT2D eigenvalue weighted by Gasteiger charge is -2.37. The number of hydrogen-bond donors (Lipinski definition) is 1. The van der Waals surface area contributed by atoms with E-state index in [0.29, 0.717) is 52.1 Å². The van der Waals surface area contributed by atoms with E-state index in [2.05, 4.69) is 15.1 Å². The lowest BCUT2D eigenvalue weighted by Crippen LogP contribution is -2.52. The van der Waals surface area contributed by atoms with Crippen LogP contribution in [0.5, 0.6) is 0 Å². The van der Waals surface area contributed by atoms with Crippen molar-refractivity contribution in [1.29, 1.82) is 0 Å². The zero-order valence-electron chi connectivity index (χ0n) is 18.9. The Labute approximate surface area is 201 Å². The summed E-state index contributed by atoms with van der Waals surface area (Å²) in [4.78, 5) is 37.1. The molecule has 0 saturated carbocycles. The molecule has 2 aromatic heterocycles. The van der Waals surface area contributed by atoms with Crippen LogP contribution in [0.2, 0.25) is 0 Å². The van der Waals surface area contributed by atoms with Crippen LogP contribution in [0.4, 0.5) is 32.3 Å². The normalized spacial score (nSPS) is 20.0. The van der Waals surface area contributed by atoms with E-state index in [-0.39, 0.29) is 30.0 Å². The molecule has 1 amide bonds. The van der Waals surface area contributed by atoms with Gasteiger partial charge in [0.2, 0.25) is 11.9 Å². The number of rotatable bonds is 4. The number of anilines is 1. The number of likely N-dealkylation sites (tertiary alicyclic amines) is 1. The number of halogens is 6. The predicted octanol–water partition coefficient (Wildman–Crippen LogP) is 2.13. The number of carbonyl (C=O) groups is 1. The fraction of sp³-hybridized carbons (Fsp3) is 0.571. The summed E-state index contributed by atoms with van der Waals surface area (Å²) < 4.78 is 77.3. The first kappa shape index (κ1) is 25.9. The standard InChI is InChI=1S/C21H23F6N7O2/c22-20(23,24)14-9-28-19(29-10-14)34-6-4-33(5-7-34)17(35)12-32-3-1-2-13(11-32)16-8-15(21(25,26)27)18(36)31-30-16/h8-10,13H,1-7,11-12H2,(H,31,36). The molecule has 15 heteroatoms. The molecule has 2 saturated heterocycles. The number of aromatic amines is 1. The van der Waals surface area contributed by atoms with Gasteiger partial charge < -0.3 is 9.80 Å². The van der Waals surface area contributed by atoms with Gasteiger partial charge in [-0.05, 0) is 25.5 Å². The second-order valence-electron chi connectivity index (χ2n) is 8.74. The molecular formula is C21H23F6N7O2. The first-order valence-corrected chi connectivity index (χ1v) is 11.2. The van der Waals surface area contributed by atoms with Gasteiger partial charge in [-0.3, -0.25) is 14.5 Å². The molecule has 9 nitrogen and oxygen atoms in total. The molecule has 4 heterocycles. The molecule has 0 bridgehead atoms. The smallest absolute Gasteiger partial charge is 0.338 e. The summed E-state index contributed by atoms with van der Waals surface area (Å²) in [6.07, 6.45) is -6.64. The molecule has 0 aliphatic carbocycles. The maximum atomic E-state index is 13.1. The van der Waals surface area contributed by atoms with Crippen LogP contribution >= 0.6 is 0 Å². The van der Waals surface area contributed by atoms with Gasteiger partial charge in [0.1, 0.15) is 5.56 Å². The Bertz CT molecular complexity index is 1130. The summed E-state index contributed by atoms with van der Waals surface area (Å²) in [6, 6.07) is 0.775. The van der Waals surface area contributed by atoms with Gasteiger partial charge in [-0.25, -0.2) is 15.1 Å². The Balaban J connectivity index is 1.31. The van der Waals surface area contributed by atoms with E-state index in [9.17, 15) is 35.9 Å². The first-order valence-electron chi connectivity index (χ1n) is 11.2. The largest absolute Gasteiger partial charge is 0.421 e. The van der Waals surface area contributed by atoms with Crippen LogP contribution in [-0.2, 0) is 17.1 Å². The number of amides is 1. The highest BCUT2D eigenvalue weighted by Gasteiger charge is 2.36. The molecule has 2 aromatic rings. The summed E-state index contributed by atoms with van der Waals surface area (Å²) in [5, 5.41) is 5.71. The van der Waals surface area contributed by atoms with E-state index in [0.717, 1.165) is 18.5 Å². The molecule has 2 aliphatic heterocycles. The van der Waals surface area contributed by atoms with Crippen LogP contribution in [0.1, 0.15) is 35.6 Å². The van der Waals surface area contributed by atoms with Crippen LogP contribution in [0.25, 0.3) is 0 Å². The van der Waals surface area contributed by atoms with Gasteiger partial charge in [0.05, 0.1) is 17.8 Å². The van der Waals surface area contributed by atoms with E-state index in [1.807, 2.05) is 10.00 Å². The second-order valence-corrected chi connectivity index (χ2v) is 8.74. The third kappa shape index (κ3) is 5.94. The summed E-state index contributed by atoms with van der Waals surface area (Å²) in [6.45, 7) is 2.34. The number of alkyl halides is 6. The highest BCUT2D eigenvalue weighted by atomic mass is 19.4. The highest BCUT2D eigenvalue weighted by Crippen LogP contribution is 2.31. The van der Waals surface area contributed by atoms with Crippen molar-refractivity contribution in [2.45, 2.75) is 31.1 Å². The number of piperazine rings is 1. The molecule has 0 aromatic carbocycles. The molecule has 1 atom stereocenters. The van der Waals surface area contributed by atoms with Crippen molar-refractivity contribution >= 4 is 11.9 Å². The zero-order chi connectivity index (χ0) is 26.1. The molecule has 36 heavy (non-hydrogen) atoms. The van der Waals surface area contributed by atoms with Gasteiger partial charge in [0, 0.05) is 51.0 Å². The molecule has 1 N–H and O–H groups in total. The first-order chi connectivity index (χ1) is 16.9. The number of carbonyl (C=O) groups excluding carboxylic acids is 1. The Morgan fingerprint density at radius 3 is 2.28 bits per heavy atom. The number of hydrogen-bond acceptors (Lipinski definition) is 7. The lowest BCUT2D eigenvalue weighted by molar-refractivity contribution is -0.139. The predicted molar refractivity (Wildman–Crippen MR) is 114 cm³/mol. The minimum Gasteiger partial charge on any atom is -0.338 e. The molecule has 2 fully saturated rings. The van der Waals surface area contributed by atoms with Crippen molar-refractivity contribution in [3.8, 4) is 0 Å². The molecule has 0 radical (unpaired) electrons. The molecule has 0 spiro atoms. The van der Waals surface area contributed by atoms with Gasteiger partial charge >= 0.3 is 12.4 Å². The molecular weight excluding hydrogens is 496 g/mol. The Kier molecular flexibility index (Phi) is 7.20. The highest BCUT2D eigenvalue weighted by molar-refractivity contribution is 5.78. The quantitative estimate of drug-likeness (QED) is 0.618. The minimum absolute atomic E-state index is 0.0722. The fourth-order valence-electron chi connectivity index (χ4n) is 4.36. The van der Waals surface area contributed by atoms with Crippen LogP contribution < -0.4 is 10.5 Å². The summed E-state index contributed by atoms with van der Waals surface area (Å²) in [5.74, 6) is -0.368. The Morgan fingerprint density at radius 2 is 1.67 bits per heavy atom. The number of nitrogens with one attached hydrogen (secondary N) is 1. The van der Waals surface area contributed by atoms with E-state index < -0.39 is 29.0 Å². The Hall–Kier alpha value is -3.23. The summed E-state index contributed by atoms with van der Waals surface area (Å²) in [5.41, 5.74) is -3.40. The van der Waals surface area contributed by atoms with E-state index in [4.69, 9.17) is 0 Å². The van der Waals surface area contributed by atoms with Gasteiger partial charge in [-0.2, -0.15) is 31.4 Å². The lowest BCUT2D eigenvalue weighted by atomic mass is 9.94. The van der Waals surface area contributed by atoms with Crippen molar-refractivity contribution < 1.29 is 31.1 Å². The minimum atomic E-state index is -4.79.